The molecule has 0 aromatic rings. The molecule has 3 fully saturated rings. The van der Waals surface area contributed by atoms with Crippen molar-refractivity contribution in [2.75, 3.05) is 65.6 Å². The highest BCUT2D eigenvalue weighted by Gasteiger charge is 2.27. The summed E-state index contributed by atoms with van der Waals surface area (Å²) in [7, 11) is 0. The molecule has 0 saturated carbocycles. The Balaban J connectivity index is 1.39. The van der Waals surface area contributed by atoms with Crippen LogP contribution in [0.3, 0.4) is 0 Å². The number of nitrogens with zero attached hydrogens (tertiary/aromatic N) is 3. The fourth-order valence-electron chi connectivity index (χ4n) is 4.66. The smallest absolute Gasteiger partial charge is 0.0793 e. The van der Waals surface area contributed by atoms with Gasteiger partial charge in [-0.05, 0) is 51.6 Å². The summed E-state index contributed by atoms with van der Waals surface area (Å²) < 4.78 is 5.39. The van der Waals surface area contributed by atoms with E-state index in [4.69, 9.17) is 4.74 Å². The van der Waals surface area contributed by atoms with Crippen LogP contribution in [0.5, 0.6) is 0 Å². The SMILES string of the molecule is CC1CCCCN1CC1CCCN(CC(O)CN2CCOCC2)C1. The molecule has 0 aromatic carbocycles. The summed E-state index contributed by atoms with van der Waals surface area (Å²) in [6.07, 6.45) is 6.57. The highest BCUT2D eigenvalue weighted by atomic mass is 16.5. The van der Waals surface area contributed by atoms with Crippen LogP contribution >= 0.6 is 0 Å². The number of likely N-dealkylation sites (tertiary alicyclic amines) is 2. The van der Waals surface area contributed by atoms with Gasteiger partial charge >= 0.3 is 0 Å². The molecular formula is C19H37N3O2. The largest absolute Gasteiger partial charge is 0.390 e. The molecule has 24 heavy (non-hydrogen) atoms. The van der Waals surface area contributed by atoms with Gasteiger partial charge in [-0.25, -0.2) is 0 Å². The third-order valence-corrected chi connectivity index (χ3v) is 6.08. The summed E-state index contributed by atoms with van der Waals surface area (Å²) in [5, 5.41) is 10.5. The quantitative estimate of drug-likeness (QED) is 0.789. The van der Waals surface area contributed by atoms with Crippen molar-refractivity contribution in [2.24, 2.45) is 5.92 Å². The summed E-state index contributed by atoms with van der Waals surface area (Å²) in [6, 6.07) is 0.765. The highest BCUT2D eigenvalue weighted by molar-refractivity contribution is 4.81. The third-order valence-electron chi connectivity index (χ3n) is 6.08. The zero-order valence-corrected chi connectivity index (χ0v) is 15.5. The van der Waals surface area contributed by atoms with Crippen molar-refractivity contribution < 1.29 is 9.84 Å². The van der Waals surface area contributed by atoms with Gasteiger partial charge in [0, 0.05) is 45.3 Å². The zero-order chi connectivity index (χ0) is 16.8. The fourth-order valence-corrected chi connectivity index (χ4v) is 4.66. The van der Waals surface area contributed by atoms with Crippen molar-refractivity contribution in [2.45, 2.75) is 51.2 Å². The summed E-state index contributed by atoms with van der Waals surface area (Å²) in [4.78, 5) is 7.56. The average Bonchev–Trinajstić information content (AvgIpc) is 2.58. The molecule has 3 unspecified atom stereocenters. The van der Waals surface area contributed by atoms with Gasteiger partial charge < -0.3 is 19.6 Å². The number of rotatable bonds is 6. The monoisotopic (exact) mass is 339 g/mol. The minimum Gasteiger partial charge on any atom is -0.390 e. The van der Waals surface area contributed by atoms with Crippen molar-refractivity contribution in [1.82, 2.24) is 14.7 Å². The maximum Gasteiger partial charge on any atom is 0.0793 e. The molecule has 0 radical (unpaired) electrons. The lowest BCUT2D eigenvalue weighted by Gasteiger charge is -2.40. The molecule has 3 rings (SSSR count). The third kappa shape index (κ3) is 5.67. The number of aliphatic hydroxyl groups is 1. The van der Waals surface area contributed by atoms with Crippen LogP contribution in [0, 0.1) is 5.92 Å². The zero-order valence-electron chi connectivity index (χ0n) is 15.5. The van der Waals surface area contributed by atoms with Crippen LogP contribution in [0.1, 0.15) is 39.0 Å². The van der Waals surface area contributed by atoms with Gasteiger partial charge in [-0.3, -0.25) is 4.90 Å². The maximum absolute atomic E-state index is 10.5. The van der Waals surface area contributed by atoms with Crippen molar-refractivity contribution >= 4 is 0 Å². The molecule has 3 aliphatic rings. The van der Waals surface area contributed by atoms with E-state index < -0.39 is 0 Å². The molecule has 140 valence electrons. The summed E-state index contributed by atoms with van der Waals surface area (Å²) in [6.45, 7) is 12.5. The topological polar surface area (TPSA) is 39.2 Å². The second-order valence-electron chi connectivity index (χ2n) is 8.17. The van der Waals surface area contributed by atoms with Crippen molar-refractivity contribution in [1.29, 1.82) is 0 Å². The Labute approximate surface area is 147 Å². The first-order valence-corrected chi connectivity index (χ1v) is 10.2. The van der Waals surface area contributed by atoms with Crippen LogP contribution in [0.25, 0.3) is 0 Å². The maximum atomic E-state index is 10.5. The van der Waals surface area contributed by atoms with Crippen LogP contribution in [0.2, 0.25) is 0 Å². The van der Waals surface area contributed by atoms with Crippen LogP contribution < -0.4 is 0 Å². The number of hydrogen-bond acceptors (Lipinski definition) is 5. The fraction of sp³-hybridized carbons (Fsp3) is 1.00. The van der Waals surface area contributed by atoms with Crippen molar-refractivity contribution in [3.05, 3.63) is 0 Å². The predicted molar refractivity (Wildman–Crippen MR) is 97.3 cm³/mol. The molecule has 3 saturated heterocycles. The summed E-state index contributed by atoms with van der Waals surface area (Å²) >= 11 is 0. The first-order chi connectivity index (χ1) is 11.7. The van der Waals surface area contributed by atoms with E-state index >= 15 is 0 Å². The molecule has 0 amide bonds. The highest BCUT2D eigenvalue weighted by Crippen LogP contribution is 2.23. The van der Waals surface area contributed by atoms with E-state index in [1.54, 1.807) is 0 Å². The molecule has 0 bridgehead atoms. The Hall–Kier alpha value is -0.200. The van der Waals surface area contributed by atoms with Crippen LogP contribution in [0.15, 0.2) is 0 Å². The Kier molecular flexibility index (Phi) is 7.35. The Morgan fingerprint density at radius 2 is 1.75 bits per heavy atom. The van der Waals surface area contributed by atoms with Gasteiger partial charge in [0.1, 0.15) is 0 Å². The number of piperidine rings is 2. The van der Waals surface area contributed by atoms with Crippen molar-refractivity contribution in [3.8, 4) is 0 Å². The van der Waals surface area contributed by atoms with E-state index in [0.29, 0.717) is 0 Å². The first-order valence-electron chi connectivity index (χ1n) is 10.2. The lowest BCUT2D eigenvalue weighted by molar-refractivity contribution is 0.00162. The number of morpholine rings is 1. The lowest BCUT2D eigenvalue weighted by atomic mass is 9.94. The molecule has 3 aliphatic heterocycles. The Bertz CT molecular complexity index is 363. The summed E-state index contributed by atoms with van der Waals surface area (Å²) in [5.74, 6) is 0.787. The van der Waals surface area contributed by atoms with Crippen LogP contribution in [-0.2, 0) is 4.74 Å². The van der Waals surface area contributed by atoms with Gasteiger partial charge in [-0.1, -0.05) is 6.42 Å². The Morgan fingerprint density at radius 3 is 2.54 bits per heavy atom. The number of ether oxygens (including phenoxy) is 1. The van der Waals surface area contributed by atoms with Gasteiger partial charge in [0.05, 0.1) is 19.3 Å². The molecule has 3 heterocycles. The average molecular weight is 340 g/mol. The van der Waals surface area contributed by atoms with E-state index in [1.807, 2.05) is 0 Å². The molecule has 1 N–H and O–H groups in total. The van der Waals surface area contributed by atoms with Crippen LogP contribution in [0.4, 0.5) is 0 Å². The van der Waals surface area contributed by atoms with Gasteiger partial charge in [0.25, 0.3) is 0 Å². The molecule has 3 atom stereocenters. The predicted octanol–water partition coefficient (Wildman–Crippen LogP) is 1.27. The molecule has 5 heteroatoms. The normalized spacial score (nSPS) is 32.8. The van der Waals surface area contributed by atoms with E-state index in [2.05, 4.69) is 21.6 Å². The van der Waals surface area contributed by atoms with E-state index in [0.717, 1.165) is 57.9 Å². The Morgan fingerprint density at radius 1 is 0.958 bits per heavy atom. The molecule has 0 aliphatic carbocycles. The summed E-state index contributed by atoms with van der Waals surface area (Å²) in [5.41, 5.74) is 0. The van der Waals surface area contributed by atoms with E-state index in [-0.39, 0.29) is 6.10 Å². The number of hydrogen-bond donors (Lipinski definition) is 1. The molecule has 0 aromatic heterocycles. The second-order valence-corrected chi connectivity index (χ2v) is 8.17. The van der Waals surface area contributed by atoms with E-state index in [9.17, 15) is 5.11 Å². The van der Waals surface area contributed by atoms with E-state index in [1.165, 1.54) is 51.7 Å². The van der Waals surface area contributed by atoms with Gasteiger partial charge in [0.2, 0.25) is 0 Å². The minimum atomic E-state index is -0.226. The number of β-amino-alcohol motifs (C(OH)–C–C–N with tert-alkyl or cyclic N) is 1. The standard InChI is InChI=1S/C19H37N3O2/c1-17-5-2-3-8-22(17)14-18-6-4-7-21(13-18)16-19(23)15-20-9-11-24-12-10-20/h17-19,23H,2-16H2,1H3. The minimum absolute atomic E-state index is 0.226. The molecule has 0 spiro atoms. The van der Waals surface area contributed by atoms with Crippen molar-refractivity contribution in [3.63, 3.8) is 0 Å². The first kappa shape index (κ1) is 18.6. The lowest BCUT2D eigenvalue weighted by Crippen LogP contribution is -2.49. The molecular weight excluding hydrogens is 302 g/mol. The van der Waals surface area contributed by atoms with Gasteiger partial charge in [-0.2, -0.15) is 0 Å². The van der Waals surface area contributed by atoms with Crippen LogP contribution in [-0.4, -0.2) is 97.5 Å². The molecule has 5 nitrogen and oxygen atoms in total. The second kappa shape index (κ2) is 9.48. The van der Waals surface area contributed by atoms with Gasteiger partial charge in [0.15, 0.2) is 0 Å². The van der Waals surface area contributed by atoms with Gasteiger partial charge in [-0.15, -0.1) is 0 Å². The number of aliphatic hydroxyl groups excluding tert-OH is 1.